The van der Waals surface area contributed by atoms with Gasteiger partial charge in [0.25, 0.3) is 0 Å². The molecule has 0 aliphatic carbocycles. The first-order chi connectivity index (χ1) is 6.83. The molecule has 1 aromatic rings. The third-order valence-corrected chi connectivity index (χ3v) is 1.89. The van der Waals surface area contributed by atoms with Gasteiger partial charge in [-0.3, -0.25) is 0 Å². The van der Waals surface area contributed by atoms with Gasteiger partial charge in [0.05, 0.1) is 6.61 Å². The molecule has 14 heavy (non-hydrogen) atoms. The van der Waals surface area contributed by atoms with Crippen molar-refractivity contribution in [3.05, 3.63) is 23.7 Å². The van der Waals surface area contributed by atoms with Crippen LogP contribution < -0.4 is 5.32 Å². The van der Waals surface area contributed by atoms with Crippen LogP contribution in [0.15, 0.2) is 16.5 Å². The van der Waals surface area contributed by atoms with Gasteiger partial charge >= 0.3 is 0 Å². The van der Waals surface area contributed by atoms with E-state index in [4.69, 9.17) is 9.15 Å². The van der Waals surface area contributed by atoms with Crippen LogP contribution >= 0.6 is 0 Å². The third kappa shape index (κ3) is 4.44. The number of aryl methyl sites for hydroxylation is 1. The fourth-order valence-corrected chi connectivity index (χ4v) is 1.18. The van der Waals surface area contributed by atoms with Crippen LogP contribution in [0.3, 0.4) is 0 Å². The maximum Gasteiger partial charge on any atom is 0.129 e. The Labute approximate surface area is 85.4 Å². The van der Waals surface area contributed by atoms with Crippen molar-refractivity contribution in [2.45, 2.75) is 26.9 Å². The summed E-state index contributed by atoms with van der Waals surface area (Å²) in [6.07, 6.45) is 1.16. The number of hydrogen-bond acceptors (Lipinski definition) is 3. The molecule has 0 aromatic carbocycles. The molecule has 0 aliphatic heterocycles. The predicted octanol–water partition coefficient (Wildman–Crippen LogP) is 2.10. The zero-order valence-corrected chi connectivity index (χ0v) is 9.01. The van der Waals surface area contributed by atoms with E-state index in [1.54, 1.807) is 0 Å². The molecule has 0 bridgehead atoms. The standard InChI is InChI=1S/C11H19NO2/c1-3-6-12-7-8-13-9-11-5-4-10(2)14-11/h4-5,12H,3,6-9H2,1-2H3. The average Bonchev–Trinajstić information content (AvgIpc) is 2.58. The van der Waals surface area contributed by atoms with Crippen LogP contribution in [0.4, 0.5) is 0 Å². The van der Waals surface area contributed by atoms with Gasteiger partial charge in [0.15, 0.2) is 0 Å². The Bertz CT molecular complexity index is 245. The van der Waals surface area contributed by atoms with E-state index < -0.39 is 0 Å². The number of furan rings is 1. The molecule has 0 unspecified atom stereocenters. The number of nitrogens with one attached hydrogen (secondary N) is 1. The molecule has 1 aromatic heterocycles. The summed E-state index contributed by atoms with van der Waals surface area (Å²) < 4.78 is 10.8. The van der Waals surface area contributed by atoms with Gasteiger partial charge in [-0.2, -0.15) is 0 Å². The van der Waals surface area contributed by atoms with Crippen LogP contribution in [-0.4, -0.2) is 19.7 Å². The van der Waals surface area contributed by atoms with E-state index in [0.29, 0.717) is 6.61 Å². The van der Waals surface area contributed by atoms with Gasteiger partial charge in [0.2, 0.25) is 0 Å². The Kier molecular flexibility index (Phi) is 5.33. The fraction of sp³-hybridized carbons (Fsp3) is 0.636. The molecule has 0 atom stereocenters. The van der Waals surface area contributed by atoms with Crippen LogP contribution in [-0.2, 0) is 11.3 Å². The number of rotatable bonds is 7. The largest absolute Gasteiger partial charge is 0.464 e. The lowest BCUT2D eigenvalue weighted by molar-refractivity contribution is 0.107. The Balaban J connectivity index is 1.99. The Hall–Kier alpha value is -0.800. The van der Waals surface area contributed by atoms with Gasteiger partial charge in [0, 0.05) is 6.54 Å². The predicted molar refractivity (Wildman–Crippen MR) is 56.3 cm³/mol. The summed E-state index contributed by atoms with van der Waals surface area (Å²) in [5.41, 5.74) is 0. The summed E-state index contributed by atoms with van der Waals surface area (Å²) in [7, 11) is 0. The summed E-state index contributed by atoms with van der Waals surface area (Å²) in [4.78, 5) is 0. The molecule has 1 rings (SSSR count). The van der Waals surface area contributed by atoms with Gasteiger partial charge in [-0.25, -0.2) is 0 Å². The highest BCUT2D eigenvalue weighted by Crippen LogP contribution is 2.06. The minimum Gasteiger partial charge on any atom is -0.464 e. The molecule has 0 radical (unpaired) electrons. The van der Waals surface area contributed by atoms with E-state index in [0.717, 1.165) is 37.6 Å². The summed E-state index contributed by atoms with van der Waals surface area (Å²) in [6.45, 7) is 7.37. The van der Waals surface area contributed by atoms with Gasteiger partial charge in [-0.15, -0.1) is 0 Å². The van der Waals surface area contributed by atoms with E-state index in [2.05, 4.69) is 12.2 Å². The summed E-state index contributed by atoms with van der Waals surface area (Å²) in [5.74, 6) is 1.84. The highest BCUT2D eigenvalue weighted by molar-refractivity contribution is 5.04. The van der Waals surface area contributed by atoms with Crippen molar-refractivity contribution in [1.29, 1.82) is 0 Å². The highest BCUT2D eigenvalue weighted by Gasteiger charge is 1.97. The second-order valence-corrected chi connectivity index (χ2v) is 3.31. The maximum atomic E-state index is 5.42. The molecule has 1 heterocycles. The smallest absolute Gasteiger partial charge is 0.129 e. The summed E-state index contributed by atoms with van der Waals surface area (Å²) in [6, 6.07) is 3.91. The van der Waals surface area contributed by atoms with Crippen molar-refractivity contribution < 1.29 is 9.15 Å². The zero-order valence-electron chi connectivity index (χ0n) is 9.01. The fourth-order valence-electron chi connectivity index (χ4n) is 1.18. The maximum absolute atomic E-state index is 5.42. The molecule has 3 nitrogen and oxygen atoms in total. The molecule has 0 saturated carbocycles. The van der Waals surface area contributed by atoms with Crippen LogP contribution in [0.5, 0.6) is 0 Å². The Morgan fingerprint density at radius 3 is 2.86 bits per heavy atom. The minimum absolute atomic E-state index is 0.571. The van der Waals surface area contributed by atoms with Crippen LogP contribution in [0.1, 0.15) is 24.9 Å². The first kappa shape index (κ1) is 11.3. The molecule has 0 aliphatic rings. The first-order valence-electron chi connectivity index (χ1n) is 5.16. The van der Waals surface area contributed by atoms with E-state index in [1.807, 2.05) is 19.1 Å². The summed E-state index contributed by atoms with van der Waals surface area (Å²) >= 11 is 0. The van der Waals surface area contributed by atoms with E-state index >= 15 is 0 Å². The second-order valence-electron chi connectivity index (χ2n) is 3.31. The minimum atomic E-state index is 0.571. The van der Waals surface area contributed by atoms with Crippen LogP contribution in [0.25, 0.3) is 0 Å². The average molecular weight is 197 g/mol. The van der Waals surface area contributed by atoms with Crippen molar-refractivity contribution in [3.63, 3.8) is 0 Å². The van der Waals surface area contributed by atoms with Crippen molar-refractivity contribution in [1.82, 2.24) is 5.32 Å². The molecule has 0 spiro atoms. The number of hydrogen-bond donors (Lipinski definition) is 1. The normalized spacial score (nSPS) is 10.7. The van der Waals surface area contributed by atoms with Gasteiger partial charge < -0.3 is 14.5 Å². The first-order valence-corrected chi connectivity index (χ1v) is 5.16. The Morgan fingerprint density at radius 1 is 1.36 bits per heavy atom. The van der Waals surface area contributed by atoms with E-state index in [9.17, 15) is 0 Å². The SMILES string of the molecule is CCCNCCOCc1ccc(C)o1. The second kappa shape index (κ2) is 6.62. The van der Waals surface area contributed by atoms with E-state index in [-0.39, 0.29) is 0 Å². The summed E-state index contributed by atoms with van der Waals surface area (Å²) in [5, 5.41) is 3.27. The quantitative estimate of drug-likeness (QED) is 0.680. The lowest BCUT2D eigenvalue weighted by atomic mass is 10.4. The molecule has 3 heteroatoms. The monoisotopic (exact) mass is 197 g/mol. The zero-order chi connectivity index (χ0) is 10.2. The third-order valence-electron chi connectivity index (χ3n) is 1.89. The number of ether oxygens (including phenoxy) is 1. The Morgan fingerprint density at radius 2 is 2.21 bits per heavy atom. The van der Waals surface area contributed by atoms with Crippen LogP contribution in [0, 0.1) is 6.92 Å². The van der Waals surface area contributed by atoms with Gasteiger partial charge in [-0.1, -0.05) is 6.92 Å². The lowest BCUT2D eigenvalue weighted by Crippen LogP contribution is -2.20. The molecular weight excluding hydrogens is 178 g/mol. The molecule has 0 amide bonds. The molecule has 0 fully saturated rings. The van der Waals surface area contributed by atoms with Gasteiger partial charge in [0.1, 0.15) is 18.1 Å². The molecular formula is C11H19NO2. The lowest BCUT2D eigenvalue weighted by Gasteiger charge is -2.03. The topological polar surface area (TPSA) is 34.4 Å². The highest BCUT2D eigenvalue weighted by atomic mass is 16.5. The molecule has 0 saturated heterocycles. The van der Waals surface area contributed by atoms with Crippen molar-refractivity contribution in [2.75, 3.05) is 19.7 Å². The molecule has 80 valence electrons. The van der Waals surface area contributed by atoms with Crippen molar-refractivity contribution in [2.24, 2.45) is 0 Å². The van der Waals surface area contributed by atoms with Crippen molar-refractivity contribution >= 4 is 0 Å². The molecule has 1 N–H and O–H groups in total. The van der Waals surface area contributed by atoms with Gasteiger partial charge in [-0.05, 0) is 32.0 Å². The van der Waals surface area contributed by atoms with E-state index in [1.165, 1.54) is 0 Å². The van der Waals surface area contributed by atoms with Crippen LogP contribution in [0.2, 0.25) is 0 Å². The van der Waals surface area contributed by atoms with Crippen molar-refractivity contribution in [3.8, 4) is 0 Å².